The average molecular weight is 376 g/mol. The van der Waals surface area contributed by atoms with Crippen LogP contribution in [0.2, 0.25) is 0 Å². The number of benzene rings is 2. The van der Waals surface area contributed by atoms with Crippen LogP contribution < -0.4 is 5.32 Å². The molecule has 0 aliphatic heterocycles. The minimum Gasteiger partial charge on any atom is -0.451 e. The average Bonchev–Trinajstić information content (AvgIpc) is 3.31. The number of hydrogen-bond donors (Lipinski definition) is 1. The first-order valence-electron chi connectivity index (χ1n) is 8.95. The number of nitrogens with zero attached hydrogens (tertiary/aromatic N) is 1. The Balaban J connectivity index is 1.49. The Morgan fingerprint density at radius 2 is 2.00 bits per heavy atom. The van der Waals surface area contributed by atoms with E-state index in [0.717, 1.165) is 39.2 Å². The maximum Gasteiger partial charge on any atom is 0.287 e. The molecule has 1 amide bonds. The highest BCUT2D eigenvalue weighted by Gasteiger charge is 2.18. The van der Waals surface area contributed by atoms with Crippen LogP contribution in [-0.4, -0.2) is 10.9 Å². The SMILES string of the molecule is CCc1ccc2oc(C(=O)NCc3nc(-c4ccccc4)cs3)c(C)c2c1. The fourth-order valence-corrected chi connectivity index (χ4v) is 3.82. The molecule has 1 N–H and O–H groups in total. The van der Waals surface area contributed by atoms with E-state index in [2.05, 4.69) is 23.3 Å². The topological polar surface area (TPSA) is 55.1 Å². The second-order valence-electron chi connectivity index (χ2n) is 6.42. The lowest BCUT2D eigenvalue weighted by molar-refractivity contribution is 0.0924. The summed E-state index contributed by atoms with van der Waals surface area (Å²) >= 11 is 1.54. The van der Waals surface area contributed by atoms with Crippen molar-refractivity contribution in [2.75, 3.05) is 0 Å². The monoisotopic (exact) mass is 376 g/mol. The zero-order chi connectivity index (χ0) is 18.8. The predicted octanol–water partition coefficient (Wildman–Crippen LogP) is 5.36. The highest BCUT2D eigenvalue weighted by Crippen LogP contribution is 2.27. The molecule has 0 aliphatic carbocycles. The first-order chi connectivity index (χ1) is 13.2. The molecule has 5 heteroatoms. The number of furan rings is 1. The van der Waals surface area contributed by atoms with Crippen molar-refractivity contribution >= 4 is 28.2 Å². The Hall–Kier alpha value is -2.92. The van der Waals surface area contributed by atoms with E-state index in [4.69, 9.17) is 4.42 Å². The van der Waals surface area contributed by atoms with Crippen molar-refractivity contribution in [2.24, 2.45) is 0 Å². The third-order valence-corrected chi connectivity index (χ3v) is 5.49. The van der Waals surface area contributed by atoms with Crippen LogP contribution >= 0.6 is 11.3 Å². The molecule has 0 unspecified atom stereocenters. The number of nitrogens with one attached hydrogen (secondary N) is 1. The Kier molecular flexibility index (Phi) is 4.77. The van der Waals surface area contributed by atoms with Gasteiger partial charge in [0.05, 0.1) is 12.2 Å². The number of rotatable bonds is 5. The summed E-state index contributed by atoms with van der Waals surface area (Å²) in [6.07, 6.45) is 0.954. The van der Waals surface area contributed by atoms with Crippen LogP contribution in [0.3, 0.4) is 0 Å². The number of hydrogen-bond acceptors (Lipinski definition) is 4. The molecule has 0 fully saturated rings. The Morgan fingerprint density at radius 1 is 1.19 bits per heavy atom. The number of amides is 1. The molecule has 136 valence electrons. The Bertz CT molecular complexity index is 1100. The van der Waals surface area contributed by atoms with Gasteiger partial charge in [-0.15, -0.1) is 11.3 Å². The molecule has 0 aliphatic rings. The van der Waals surface area contributed by atoms with Gasteiger partial charge in [-0.2, -0.15) is 0 Å². The van der Waals surface area contributed by atoms with Gasteiger partial charge in [0.2, 0.25) is 0 Å². The fraction of sp³-hybridized carbons (Fsp3) is 0.182. The smallest absolute Gasteiger partial charge is 0.287 e. The van der Waals surface area contributed by atoms with Gasteiger partial charge >= 0.3 is 0 Å². The zero-order valence-electron chi connectivity index (χ0n) is 15.3. The molecule has 0 bridgehead atoms. The van der Waals surface area contributed by atoms with E-state index in [9.17, 15) is 4.79 Å². The first kappa shape index (κ1) is 17.5. The largest absolute Gasteiger partial charge is 0.451 e. The predicted molar refractivity (Wildman–Crippen MR) is 109 cm³/mol. The van der Waals surface area contributed by atoms with E-state index in [0.29, 0.717) is 12.3 Å². The minimum atomic E-state index is -0.210. The summed E-state index contributed by atoms with van der Waals surface area (Å²) in [5.74, 6) is 0.163. The van der Waals surface area contributed by atoms with E-state index in [1.165, 1.54) is 16.9 Å². The van der Waals surface area contributed by atoms with Crippen molar-refractivity contribution in [2.45, 2.75) is 26.8 Å². The van der Waals surface area contributed by atoms with Gasteiger partial charge in [0, 0.05) is 21.9 Å². The number of fused-ring (bicyclic) bond motifs is 1. The normalized spacial score (nSPS) is 11.0. The van der Waals surface area contributed by atoms with E-state index in [1.807, 2.05) is 54.8 Å². The molecule has 4 rings (SSSR count). The molecule has 0 atom stereocenters. The van der Waals surface area contributed by atoms with Crippen LogP contribution in [-0.2, 0) is 13.0 Å². The summed E-state index contributed by atoms with van der Waals surface area (Å²) in [5, 5.41) is 6.80. The van der Waals surface area contributed by atoms with E-state index in [1.54, 1.807) is 0 Å². The summed E-state index contributed by atoms with van der Waals surface area (Å²) in [6, 6.07) is 16.1. The minimum absolute atomic E-state index is 0.210. The highest BCUT2D eigenvalue weighted by atomic mass is 32.1. The van der Waals surface area contributed by atoms with E-state index in [-0.39, 0.29) is 5.91 Å². The third-order valence-electron chi connectivity index (χ3n) is 4.64. The number of carbonyl (C=O) groups excluding carboxylic acids is 1. The quantitative estimate of drug-likeness (QED) is 0.510. The summed E-state index contributed by atoms with van der Waals surface area (Å²) in [5.41, 5.74) is 4.86. The number of aromatic nitrogens is 1. The van der Waals surface area contributed by atoms with Gasteiger partial charge in [0.25, 0.3) is 5.91 Å². The molecule has 4 aromatic rings. The summed E-state index contributed by atoms with van der Waals surface area (Å²) < 4.78 is 5.79. The van der Waals surface area contributed by atoms with Crippen molar-refractivity contribution in [3.05, 3.63) is 75.8 Å². The van der Waals surface area contributed by atoms with Gasteiger partial charge in [-0.05, 0) is 31.0 Å². The maximum absolute atomic E-state index is 12.6. The fourth-order valence-electron chi connectivity index (χ4n) is 3.07. The van der Waals surface area contributed by atoms with Crippen LogP contribution in [0.25, 0.3) is 22.2 Å². The molecular weight excluding hydrogens is 356 g/mol. The number of carbonyl (C=O) groups is 1. The molecule has 27 heavy (non-hydrogen) atoms. The lowest BCUT2D eigenvalue weighted by atomic mass is 10.1. The molecule has 2 heterocycles. The van der Waals surface area contributed by atoms with Crippen molar-refractivity contribution in [3.63, 3.8) is 0 Å². The first-order valence-corrected chi connectivity index (χ1v) is 9.83. The lowest BCUT2D eigenvalue weighted by Crippen LogP contribution is -2.22. The van der Waals surface area contributed by atoms with Crippen LogP contribution in [0, 0.1) is 6.92 Å². The van der Waals surface area contributed by atoms with Crippen molar-refractivity contribution in [3.8, 4) is 11.3 Å². The van der Waals surface area contributed by atoms with Gasteiger partial charge in [-0.1, -0.05) is 43.3 Å². The van der Waals surface area contributed by atoms with Gasteiger partial charge in [0.15, 0.2) is 5.76 Å². The molecule has 0 saturated carbocycles. The summed E-state index contributed by atoms with van der Waals surface area (Å²) in [7, 11) is 0. The summed E-state index contributed by atoms with van der Waals surface area (Å²) in [4.78, 5) is 17.2. The molecule has 0 spiro atoms. The maximum atomic E-state index is 12.6. The van der Waals surface area contributed by atoms with E-state index < -0.39 is 0 Å². The van der Waals surface area contributed by atoms with Gasteiger partial charge < -0.3 is 9.73 Å². The van der Waals surface area contributed by atoms with Crippen molar-refractivity contribution in [1.82, 2.24) is 10.3 Å². The molecule has 0 radical (unpaired) electrons. The van der Waals surface area contributed by atoms with Gasteiger partial charge in [-0.3, -0.25) is 4.79 Å². The number of aryl methyl sites for hydroxylation is 2. The highest BCUT2D eigenvalue weighted by molar-refractivity contribution is 7.09. The van der Waals surface area contributed by atoms with Crippen LogP contribution in [0.5, 0.6) is 0 Å². The summed E-state index contributed by atoms with van der Waals surface area (Å²) in [6.45, 7) is 4.42. The van der Waals surface area contributed by atoms with Crippen LogP contribution in [0.4, 0.5) is 0 Å². The molecule has 0 saturated heterocycles. The zero-order valence-corrected chi connectivity index (χ0v) is 16.1. The van der Waals surface area contributed by atoms with Crippen LogP contribution in [0.1, 0.15) is 33.6 Å². The van der Waals surface area contributed by atoms with Gasteiger partial charge in [0.1, 0.15) is 10.6 Å². The van der Waals surface area contributed by atoms with Gasteiger partial charge in [-0.25, -0.2) is 4.98 Å². The van der Waals surface area contributed by atoms with Crippen LogP contribution in [0.15, 0.2) is 58.3 Å². The third kappa shape index (κ3) is 3.51. The standard InChI is InChI=1S/C22H20N2O2S/c1-3-15-9-10-19-17(11-15)14(2)21(26-19)22(25)23-12-20-24-18(13-27-20)16-7-5-4-6-8-16/h4-11,13H,3,12H2,1-2H3,(H,23,25). The van der Waals surface area contributed by atoms with E-state index >= 15 is 0 Å². The lowest BCUT2D eigenvalue weighted by Gasteiger charge is -2.01. The molecular formula is C22H20N2O2S. The Labute approximate surface area is 161 Å². The molecule has 2 aromatic heterocycles. The second-order valence-corrected chi connectivity index (χ2v) is 7.36. The van der Waals surface area contributed by atoms with Crippen molar-refractivity contribution < 1.29 is 9.21 Å². The second kappa shape index (κ2) is 7.37. The van der Waals surface area contributed by atoms with Crippen molar-refractivity contribution in [1.29, 1.82) is 0 Å². The molecule has 4 nitrogen and oxygen atoms in total. The Morgan fingerprint density at radius 3 is 2.78 bits per heavy atom. The molecule has 2 aromatic carbocycles. The number of thiazole rings is 1.